The molecule has 1 saturated heterocycles. The number of rotatable bonds is 4. The zero-order valence-corrected chi connectivity index (χ0v) is 16.4. The highest BCUT2D eigenvalue weighted by Gasteiger charge is 2.26. The topological polar surface area (TPSA) is 75.4 Å². The summed E-state index contributed by atoms with van der Waals surface area (Å²) in [6.45, 7) is 5.90. The summed E-state index contributed by atoms with van der Waals surface area (Å²) in [5, 5.41) is 8.16. The van der Waals surface area contributed by atoms with Crippen molar-refractivity contribution >= 4 is 11.7 Å². The number of pyridine rings is 1. The standard InChI is InChI=1S/C21H22FN5O2/c1-3-18-24-25-20(29-18)16-5-4-8-23-19(16)26-9-11-27(12-10-26)21(28)15-7-6-14(2)17(22)13-15/h4-8,13H,3,9-12H2,1-2H3. The van der Waals surface area contributed by atoms with Crippen LogP contribution in [0.2, 0.25) is 0 Å². The van der Waals surface area contributed by atoms with Crippen molar-refractivity contribution in [1.82, 2.24) is 20.1 Å². The van der Waals surface area contributed by atoms with Crippen LogP contribution in [-0.2, 0) is 6.42 Å². The SMILES string of the molecule is CCc1nnc(-c2cccnc2N2CCN(C(=O)c3ccc(C)c(F)c3)CC2)o1. The fourth-order valence-corrected chi connectivity index (χ4v) is 3.35. The minimum atomic E-state index is -0.362. The van der Waals surface area contributed by atoms with E-state index in [4.69, 9.17) is 4.42 Å². The number of piperazine rings is 1. The van der Waals surface area contributed by atoms with E-state index in [2.05, 4.69) is 20.1 Å². The summed E-state index contributed by atoms with van der Waals surface area (Å²) in [6, 6.07) is 8.35. The van der Waals surface area contributed by atoms with Gasteiger partial charge in [-0.3, -0.25) is 4.79 Å². The molecule has 3 heterocycles. The summed E-state index contributed by atoms with van der Waals surface area (Å²) < 4.78 is 19.5. The van der Waals surface area contributed by atoms with Crippen molar-refractivity contribution in [3.63, 3.8) is 0 Å². The van der Waals surface area contributed by atoms with Gasteiger partial charge in [0.2, 0.25) is 5.89 Å². The van der Waals surface area contributed by atoms with Crippen LogP contribution in [-0.4, -0.2) is 52.2 Å². The second kappa shape index (κ2) is 7.98. The maximum Gasteiger partial charge on any atom is 0.254 e. The lowest BCUT2D eigenvalue weighted by Gasteiger charge is -2.36. The number of anilines is 1. The second-order valence-corrected chi connectivity index (χ2v) is 6.97. The van der Waals surface area contributed by atoms with Gasteiger partial charge in [-0.1, -0.05) is 13.0 Å². The van der Waals surface area contributed by atoms with E-state index in [1.54, 1.807) is 30.2 Å². The summed E-state index contributed by atoms with van der Waals surface area (Å²) in [4.78, 5) is 21.1. The predicted molar refractivity (Wildman–Crippen MR) is 106 cm³/mol. The van der Waals surface area contributed by atoms with Crippen molar-refractivity contribution in [1.29, 1.82) is 0 Å². The van der Waals surface area contributed by atoms with Gasteiger partial charge >= 0.3 is 0 Å². The Kier molecular flexibility index (Phi) is 5.24. The Balaban J connectivity index is 1.49. The van der Waals surface area contributed by atoms with E-state index in [0.29, 0.717) is 55.5 Å². The molecule has 150 valence electrons. The molecule has 8 heteroatoms. The van der Waals surface area contributed by atoms with Crippen molar-refractivity contribution in [3.05, 3.63) is 59.4 Å². The number of carbonyl (C=O) groups excluding carboxylic acids is 1. The molecular formula is C21H22FN5O2. The number of halogens is 1. The summed E-state index contributed by atoms with van der Waals surface area (Å²) >= 11 is 0. The first kappa shape index (κ1) is 19.0. The van der Waals surface area contributed by atoms with E-state index in [9.17, 15) is 9.18 Å². The second-order valence-electron chi connectivity index (χ2n) is 6.97. The fourth-order valence-electron chi connectivity index (χ4n) is 3.35. The minimum Gasteiger partial charge on any atom is -0.421 e. The number of hydrogen-bond donors (Lipinski definition) is 0. The zero-order chi connectivity index (χ0) is 20.4. The Morgan fingerprint density at radius 2 is 1.97 bits per heavy atom. The van der Waals surface area contributed by atoms with E-state index in [1.807, 2.05) is 19.1 Å². The quantitative estimate of drug-likeness (QED) is 0.676. The normalized spacial score (nSPS) is 14.3. The maximum absolute atomic E-state index is 13.8. The van der Waals surface area contributed by atoms with E-state index < -0.39 is 0 Å². The molecule has 1 fully saturated rings. The number of hydrogen-bond acceptors (Lipinski definition) is 6. The van der Waals surface area contributed by atoms with Crippen LogP contribution < -0.4 is 4.90 Å². The fraction of sp³-hybridized carbons (Fsp3) is 0.333. The van der Waals surface area contributed by atoms with Gasteiger partial charge in [-0.2, -0.15) is 0 Å². The number of nitrogens with zero attached hydrogens (tertiary/aromatic N) is 5. The van der Waals surface area contributed by atoms with Crippen molar-refractivity contribution in [2.75, 3.05) is 31.1 Å². The van der Waals surface area contributed by atoms with Gasteiger partial charge in [0.25, 0.3) is 11.8 Å². The van der Waals surface area contributed by atoms with Gasteiger partial charge in [0.1, 0.15) is 11.6 Å². The number of amides is 1. The molecule has 4 rings (SSSR count). The molecule has 1 aliphatic heterocycles. The molecule has 3 aromatic rings. The lowest BCUT2D eigenvalue weighted by atomic mass is 10.1. The molecule has 2 aromatic heterocycles. The van der Waals surface area contributed by atoms with E-state index in [-0.39, 0.29) is 11.7 Å². The molecule has 0 spiro atoms. The van der Waals surface area contributed by atoms with Crippen LogP contribution in [0.15, 0.2) is 40.9 Å². The summed E-state index contributed by atoms with van der Waals surface area (Å²) in [5.41, 5.74) is 1.68. The van der Waals surface area contributed by atoms with Gasteiger partial charge in [-0.15, -0.1) is 10.2 Å². The molecule has 0 unspecified atom stereocenters. The largest absolute Gasteiger partial charge is 0.421 e. The molecule has 0 aliphatic carbocycles. The maximum atomic E-state index is 13.8. The average molecular weight is 395 g/mol. The predicted octanol–water partition coefficient (Wildman–Crippen LogP) is 3.10. The molecule has 1 aromatic carbocycles. The molecule has 0 radical (unpaired) electrons. The Bertz CT molecular complexity index is 1030. The van der Waals surface area contributed by atoms with Gasteiger partial charge in [-0.05, 0) is 36.8 Å². The van der Waals surface area contributed by atoms with Gasteiger partial charge in [0, 0.05) is 44.4 Å². The van der Waals surface area contributed by atoms with Crippen LogP contribution in [0.3, 0.4) is 0 Å². The van der Waals surface area contributed by atoms with Gasteiger partial charge < -0.3 is 14.2 Å². The molecule has 0 bridgehead atoms. The molecule has 0 atom stereocenters. The molecule has 0 N–H and O–H groups in total. The molecule has 0 saturated carbocycles. The summed E-state index contributed by atoms with van der Waals surface area (Å²) in [6.07, 6.45) is 2.39. The summed E-state index contributed by atoms with van der Waals surface area (Å²) in [5.74, 6) is 1.26. The van der Waals surface area contributed by atoms with Crippen LogP contribution >= 0.6 is 0 Å². The number of aryl methyl sites for hydroxylation is 2. The molecular weight excluding hydrogens is 373 g/mol. The molecule has 7 nitrogen and oxygen atoms in total. The first-order valence-corrected chi connectivity index (χ1v) is 9.65. The van der Waals surface area contributed by atoms with Crippen LogP contribution in [0.1, 0.15) is 28.7 Å². The van der Waals surface area contributed by atoms with E-state index in [0.717, 1.165) is 11.4 Å². The highest BCUT2D eigenvalue weighted by molar-refractivity contribution is 5.94. The van der Waals surface area contributed by atoms with Gasteiger partial charge in [-0.25, -0.2) is 9.37 Å². The number of carbonyl (C=O) groups is 1. The minimum absolute atomic E-state index is 0.158. The zero-order valence-electron chi connectivity index (χ0n) is 16.4. The average Bonchev–Trinajstić information content (AvgIpc) is 3.24. The third-order valence-electron chi connectivity index (χ3n) is 5.07. The van der Waals surface area contributed by atoms with Crippen LogP contribution in [0.4, 0.5) is 10.2 Å². The lowest BCUT2D eigenvalue weighted by Crippen LogP contribution is -2.49. The Morgan fingerprint density at radius 1 is 1.17 bits per heavy atom. The van der Waals surface area contributed by atoms with Gasteiger partial charge in [0.05, 0.1) is 5.56 Å². The Hall–Kier alpha value is -3.29. The van der Waals surface area contributed by atoms with Crippen molar-refractivity contribution in [2.45, 2.75) is 20.3 Å². The van der Waals surface area contributed by atoms with E-state index >= 15 is 0 Å². The first-order valence-electron chi connectivity index (χ1n) is 9.65. The smallest absolute Gasteiger partial charge is 0.254 e. The lowest BCUT2D eigenvalue weighted by molar-refractivity contribution is 0.0746. The van der Waals surface area contributed by atoms with Crippen molar-refractivity contribution in [3.8, 4) is 11.5 Å². The van der Waals surface area contributed by atoms with Crippen molar-refractivity contribution < 1.29 is 13.6 Å². The first-order chi connectivity index (χ1) is 14.1. The van der Waals surface area contributed by atoms with Crippen LogP contribution in [0.25, 0.3) is 11.5 Å². The Morgan fingerprint density at radius 3 is 2.66 bits per heavy atom. The molecule has 29 heavy (non-hydrogen) atoms. The van der Waals surface area contributed by atoms with Crippen molar-refractivity contribution in [2.24, 2.45) is 0 Å². The number of aromatic nitrogens is 3. The third-order valence-corrected chi connectivity index (χ3v) is 5.07. The Labute approximate surface area is 168 Å². The highest BCUT2D eigenvalue weighted by Crippen LogP contribution is 2.28. The van der Waals surface area contributed by atoms with E-state index in [1.165, 1.54) is 6.07 Å². The van der Waals surface area contributed by atoms with Crippen LogP contribution in [0, 0.1) is 12.7 Å². The number of benzene rings is 1. The molecule has 1 aliphatic rings. The van der Waals surface area contributed by atoms with Crippen LogP contribution in [0.5, 0.6) is 0 Å². The third kappa shape index (κ3) is 3.83. The summed E-state index contributed by atoms with van der Waals surface area (Å²) in [7, 11) is 0. The monoisotopic (exact) mass is 395 g/mol. The molecule has 1 amide bonds. The van der Waals surface area contributed by atoms with Gasteiger partial charge in [0.15, 0.2) is 0 Å². The highest BCUT2D eigenvalue weighted by atomic mass is 19.1.